The normalized spacial score (nSPS) is 11.5. The molecule has 0 bridgehead atoms. The number of hydrogen-bond acceptors (Lipinski definition) is 4. The predicted octanol–water partition coefficient (Wildman–Crippen LogP) is 4.08. The van der Waals surface area contributed by atoms with Crippen LogP contribution in [0.25, 0.3) is 0 Å². The highest BCUT2D eigenvalue weighted by molar-refractivity contribution is 5.92. The number of rotatable bonds is 8. The van der Waals surface area contributed by atoms with Gasteiger partial charge in [-0.05, 0) is 35.2 Å². The van der Waals surface area contributed by atoms with Crippen LogP contribution in [-0.2, 0) is 18.0 Å². The lowest BCUT2D eigenvalue weighted by atomic mass is 10.2. The van der Waals surface area contributed by atoms with Crippen LogP contribution in [0.15, 0.2) is 42.6 Å². The first-order valence-corrected chi connectivity index (χ1v) is 8.38. The zero-order valence-corrected chi connectivity index (χ0v) is 15.0. The molecule has 1 aromatic heterocycles. The van der Waals surface area contributed by atoms with Crippen molar-refractivity contribution in [1.29, 1.82) is 0 Å². The van der Waals surface area contributed by atoms with E-state index in [2.05, 4.69) is 15.0 Å². The lowest BCUT2D eigenvalue weighted by Gasteiger charge is -2.10. The standard InChI is InChI=1S/C19H21F3N2O3/c1-13(2)9-24-18(25)17-8-5-15(10-23-17)12-26-11-14-3-6-16(7-4-14)27-19(20,21)22/h3-8,10,13H,9,11-12H2,1-2H3,(H,24,25). The second kappa shape index (κ2) is 9.36. The summed E-state index contributed by atoms with van der Waals surface area (Å²) in [6.07, 6.45) is -3.15. The number of amides is 1. The SMILES string of the molecule is CC(C)CNC(=O)c1ccc(COCc2ccc(OC(F)(F)F)cc2)cn1. The maximum absolute atomic E-state index is 12.1. The molecule has 0 radical (unpaired) electrons. The molecule has 0 spiro atoms. The van der Waals surface area contributed by atoms with Crippen molar-refractivity contribution in [3.05, 3.63) is 59.4 Å². The van der Waals surface area contributed by atoms with E-state index >= 15 is 0 Å². The number of carbonyl (C=O) groups excluding carboxylic acids is 1. The van der Waals surface area contributed by atoms with Crippen molar-refractivity contribution in [2.45, 2.75) is 33.4 Å². The van der Waals surface area contributed by atoms with Gasteiger partial charge in [0.2, 0.25) is 0 Å². The van der Waals surface area contributed by atoms with Crippen molar-refractivity contribution in [2.24, 2.45) is 5.92 Å². The number of nitrogens with zero attached hydrogens (tertiary/aromatic N) is 1. The summed E-state index contributed by atoms with van der Waals surface area (Å²) in [5, 5.41) is 2.79. The van der Waals surface area contributed by atoms with E-state index < -0.39 is 6.36 Å². The molecule has 2 aromatic rings. The molecule has 0 aliphatic carbocycles. The Balaban J connectivity index is 1.79. The van der Waals surface area contributed by atoms with Crippen LogP contribution in [0.3, 0.4) is 0 Å². The molecule has 0 fully saturated rings. The van der Waals surface area contributed by atoms with Gasteiger partial charge in [-0.1, -0.05) is 32.0 Å². The number of aromatic nitrogens is 1. The van der Waals surface area contributed by atoms with Gasteiger partial charge in [-0.25, -0.2) is 0 Å². The topological polar surface area (TPSA) is 60.5 Å². The van der Waals surface area contributed by atoms with Gasteiger partial charge in [0.15, 0.2) is 0 Å². The minimum Gasteiger partial charge on any atom is -0.406 e. The number of hydrogen-bond donors (Lipinski definition) is 1. The van der Waals surface area contributed by atoms with Crippen molar-refractivity contribution < 1.29 is 27.4 Å². The smallest absolute Gasteiger partial charge is 0.406 e. The second-order valence-electron chi connectivity index (χ2n) is 6.34. The second-order valence-corrected chi connectivity index (χ2v) is 6.34. The largest absolute Gasteiger partial charge is 0.573 e. The molecule has 5 nitrogen and oxygen atoms in total. The quantitative estimate of drug-likeness (QED) is 0.747. The molecule has 27 heavy (non-hydrogen) atoms. The minimum absolute atomic E-state index is 0.225. The Morgan fingerprint density at radius 2 is 1.70 bits per heavy atom. The number of carbonyl (C=O) groups is 1. The summed E-state index contributed by atoms with van der Waals surface area (Å²) in [5.74, 6) is -0.144. The third-order valence-corrected chi connectivity index (χ3v) is 3.42. The molecule has 0 atom stereocenters. The van der Waals surface area contributed by atoms with Crippen LogP contribution >= 0.6 is 0 Å². The Hall–Kier alpha value is -2.61. The summed E-state index contributed by atoms with van der Waals surface area (Å²) < 4.78 is 45.7. The molecule has 8 heteroatoms. The van der Waals surface area contributed by atoms with Crippen LogP contribution in [0.2, 0.25) is 0 Å². The first-order chi connectivity index (χ1) is 12.7. The van der Waals surface area contributed by atoms with Gasteiger partial charge in [0.05, 0.1) is 13.2 Å². The Labute approximate surface area is 155 Å². The highest BCUT2D eigenvalue weighted by atomic mass is 19.4. The average Bonchev–Trinajstić information content (AvgIpc) is 2.60. The van der Waals surface area contributed by atoms with Crippen molar-refractivity contribution in [3.63, 3.8) is 0 Å². The van der Waals surface area contributed by atoms with Gasteiger partial charge in [-0.2, -0.15) is 0 Å². The van der Waals surface area contributed by atoms with Crippen molar-refractivity contribution >= 4 is 5.91 Å². The molecular weight excluding hydrogens is 361 g/mol. The summed E-state index contributed by atoms with van der Waals surface area (Å²) in [4.78, 5) is 16.0. The zero-order chi connectivity index (χ0) is 19.9. The number of ether oxygens (including phenoxy) is 2. The molecule has 1 aromatic carbocycles. The fourth-order valence-corrected chi connectivity index (χ4v) is 2.11. The molecule has 1 amide bonds. The van der Waals surface area contributed by atoms with Crippen molar-refractivity contribution in [1.82, 2.24) is 10.3 Å². The van der Waals surface area contributed by atoms with Crippen LogP contribution < -0.4 is 10.1 Å². The van der Waals surface area contributed by atoms with E-state index in [1.807, 2.05) is 13.8 Å². The number of pyridine rings is 1. The fraction of sp³-hybridized carbons (Fsp3) is 0.368. The van der Waals surface area contributed by atoms with Crippen LogP contribution in [-0.4, -0.2) is 23.8 Å². The fourth-order valence-electron chi connectivity index (χ4n) is 2.11. The number of benzene rings is 1. The van der Waals surface area contributed by atoms with E-state index in [9.17, 15) is 18.0 Å². The molecule has 0 saturated heterocycles. The van der Waals surface area contributed by atoms with E-state index in [1.165, 1.54) is 24.3 Å². The number of alkyl halides is 3. The summed E-state index contributed by atoms with van der Waals surface area (Å²) in [5.41, 5.74) is 1.83. The highest BCUT2D eigenvalue weighted by Crippen LogP contribution is 2.23. The van der Waals surface area contributed by atoms with Crippen LogP contribution in [0.1, 0.15) is 35.5 Å². The Morgan fingerprint density at radius 1 is 1.07 bits per heavy atom. The summed E-state index contributed by atoms with van der Waals surface area (Å²) in [6.45, 7) is 5.08. The molecule has 0 saturated carbocycles. The van der Waals surface area contributed by atoms with E-state index in [4.69, 9.17) is 4.74 Å². The molecule has 2 rings (SSSR count). The average molecular weight is 382 g/mol. The van der Waals surface area contributed by atoms with Gasteiger partial charge in [0.25, 0.3) is 5.91 Å². The third kappa shape index (κ3) is 7.65. The van der Waals surface area contributed by atoms with Gasteiger partial charge in [-0.15, -0.1) is 13.2 Å². The van der Waals surface area contributed by atoms with Crippen molar-refractivity contribution in [3.8, 4) is 5.75 Å². The number of nitrogens with one attached hydrogen (secondary N) is 1. The summed E-state index contributed by atoms with van der Waals surface area (Å²) in [6, 6.07) is 8.84. The maximum Gasteiger partial charge on any atom is 0.573 e. The Morgan fingerprint density at radius 3 is 2.26 bits per heavy atom. The van der Waals surface area contributed by atoms with Crippen molar-refractivity contribution in [2.75, 3.05) is 6.54 Å². The Bertz CT molecular complexity index is 729. The molecular formula is C19H21F3N2O3. The number of halogens is 3. The van der Waals surface area contributed by atoms with Crippen LogP contribution in [0.5, 0.6) is 5.75 Å². The molecule has 1 heterocycles. The maximum atomic E-state index is 12.1. The predicted molar refractivity (Wildman–Crippen MR) is 93.0 cm³/mol. The molecule has 0 aliphatic heterocycles. The molecule has 146 valence electrons. The van der Waals surface area contributed by atoms with Gasteiger partial charge < -0.3 is 14.8 Å². The van der Waals surface area contributed by atoms with Crippen LogP contribution in [0, 0.1) is 5.92 Å². The van der Waals surface area contributed by atoms with E-state index in [-0.39, 0.29) is 24.9 Å². The van der Waals surface area contributed by atoms with E-state index in [0.29, 0.717) is 23.7 Å². The molecule has 0 unspecified atom stereocenters. The lowest BCUT2D eigenvalue weighted by Crippen LogP contribution is -2.28. The van der Waals surface area contributed by atoms with E-state index in [1.54, 1.807) is 18.3 Å². The van der Waals surface area contributed by atoms with Gasteiger partial charge in [-0.3, -0.25) is 9.78 Å². The minimum atomic E-state index is -4.71. The first-order valence-electron chi connectivity index (χ1n) is 8.38. The molecule has 0 aliphatic rings. The lowest BCUT2D eigenvalue weighted by molar-refractivity contribution is -0.274. The van der Waals surface area contributed by atoms with Gasteiger partial charge in [0, 0.05) is 12.7 Å². The van der Waals surface area contributed by atoms with Crippen LogP contribution in [0.4, 0.5) is 13.2 Å². The summed E-state index contributed by atoms with van der Waals surface area (Å²) >= 11 is 0. The first kappa shape index (κ1) is 20.7. The summed E-state index contributed by atoms with van der Waals surface area (Å²) in [7, 11) is 0. The van der Waals surface area contributed by atoms with Gasteiger partial charge >= 0.3 is 6.36 Å². The monoisotopic (exact) mass is 382 g/mol. The van der Waals surface area contributed by atoms with Gasteiger partial charge in [0.1, 0.15) is 11.4 Å². The third-order valence-electron chi connectivity index (χ3n) is 3.42. The molecule has 1 N–H and O–H groups in total. The highest BCUT2D eigenvalue weighted by Gasteiger charge is 2.30. The van der Waals surface area contributed by atoms with E-state index in [0.717, 1.165) is 5.56 Å². The zero-order valence-electron chi connectivity index (χ0n) is 15.0. The Kier molecular flexibility index (Phi) is 7.18.